The number of ether oxygens (including phenoxy) is 2. The Hall–Kier alpha value is -2.74. The molecule has 3 rings (SSSR count). The van der Waals surface area contributed by atoms with Crippen LogP contribution in [0.3, 0.4) is 0 Å². The second kappa shape index (κ2) is 10.3. The van der Waals surface area contributed by atoms with Crippen molar-refractivity contribution < 1.29 is 9.47 Å². The summed E-state index contributed by atoms with van der Waals surface area (Å²) in [4.78, 5) is 0. The van der Waals surface area contributed by atoms with Crippen LogP contribution in [0.15, 0.2) is 65.1 Å². The second-order valence-electron chi connectivity index (χ2n) is 6.71. The average molecular weight is 483 g/mol. The Morgan fingerprint density at radius 1 is 1.07 bits per heavy atom. The minimum atomic E-state index is 0.370. The van der Waals surface area contributed by atoms with E-state index < -0.39 is 0 Å². The largest absolute Gasteiger partial charge is 0.490 e. The van der Waals surface area contributed by atoms with E-state index in [0.29, 0.717) is 35.3 Å². The first-order chi connectivity index (χ1) is 14.5. The van der Waals surface area contributed by atoms with Crippen LogP contribution in [0.5, 0.6) is 11.5 Å². The van der Waals surface area contributed by atoms with E-state index in [1.807, 2.05) is 68.4 Å². The molecule has 0 aromatic heterocycles. The minimum absolute atomic E-state index is 0.370. The topological polar surface area (TPSA) is 42.2 Å². The lowest BCUT2D eigenvalue weighted by Crippen LogP contribution is -2.01. The number of hydrogen-bond acceptors (Lipinski definition) is 3. The molecule has 3 nitrogen and oxygen atoms in total. The summed E-state index contributed by atoms with van der Waals surface area (Å²) in [5.41, 5.74) is 4.35. The first-order valence-corrected chi connectivity index (χ1v) is 10.7. The Morgan fingerprint density at radius 3 is 2.40 bits per heavy atom. The summed E-state index contributed by atoms with van der Waals surface area (Å²) >= 11 is 9.96. The number of aryl methyl sites for hydroxylation is 1. The normalized spacial score (nSPS) is 11.1. The lowest BCUT2D eigenvalue weighted by molar-refractivity contribution is 0.269. The van der Waals surface area contributed by atoms with Crippen LogP contribution < -0.4 is 9.47 Å². The van der Waals surface area contributed by atoms with Crippen LogP contribution in [0.1, 0.15) is 29.2 Å². The molecule has 0 heterocycles. The molecule has 0 bridgehead atoms. The minimum Gasteiger partial charge on any atom is -0.490 e. The predicted octanol–water partition coefficient (Wildman–Crippen LogP) is 7.45. The summed E-state index contributed by atoms with van der Waals surface area (Å²) in [6.07, 6.45) is 1.80. The molecule has 0 unspecified atom stereocenters. The number of halogens is 2. The Bertz CT molecular complexity index is 1080. The molecule has 5 heteroatoms. The van der Waals surface area contributed by atoms with Gasteiger partial charge in [0.2, 0.25) is 0 Å². The summed E-state index contributed by atoms with van der Waals surface area (Å²) in [6, 6.07) is 21.6. The van der Waals surface area contributed by atoms with E-state index in [2.05, 4.69) is 22.0 Å². The molecule has 0 aliphatic heterocycles. The van der Waals surface area contributed by atoms with E-state index in [4.69, 9.17) is 21.1 Å². The fourth-order valence-electron chi connectivity index (χ4n) is 2.89. The van der Waals surface area contributed by atoms with Gasteiger partial charge in [0.05, 0.1) is 23.3 Å². The number of nitriles is 1. The highest BCUT2D eigenvalue weighted by Gasteiger charge is 2.13. The maximum atomic E-state index is 9.63. The third-order valence-electron chi connectivity index (χ3n) is 4.42. The van der Waals surface area contributed by atoms with Crippen LogP contribution >= 0.6 is 27.5 Å². The second-order valence-corrected chi connectivity index (χ2v) is 8.04. The van der Waals surface area contributed by atoms with Crippen molar-refractivity contribution >= 4 is 39.2 Å². The molecule has 30 heavy (non-hydrogen) atoms. The van der Waals surface area contributed by atoms with Crippen molar-refractivity contribution in [2.75, 3.05) is 6.61 Å². The quantitative estimate of drug-likeness (QED) is 0.259. The van der Waals surface area contributed by atoms with E-state index in [-0.39, 0.29) is 0 Å². The van der Waals surface area contributed by atoms with Gasteiger partial charge in [-0.15, -0.1) is 0 Å². The smallest absolute Gasteiger partial charge is 0.180 e. The SMILES string of the molecule is CCOc1cc(/C=C(/C#N)c2ccc(C)cc2)cc(Cl)c1OCc1ccc(Br)cc1. The predicted molar refractivity (Wildman–Crippen MR) is 126 cm³/mol. The van der Waals surface area contributed by atoms with E-state index >= 15 is 0 Å². The molecule has 0 saturated heterocycles. The zero-order valence-corrected chi connectivity index (χ0v) is 19.1. The third kappa shape index (κ3) is 5.66. The van der Waals surface area contributed by atoms with Crippen molar-refractivity contribution in [1.29, 1.82) is 5.26 Å². The lowest BCUT2D eigenvalue weighted by Gasteiger charge is -2.15. The van der Waals surface area contributed by atoms with Crippen LogP contribution in [0.25, 0.3) is 11.6 Å². The summed E-state index contributed by atoms with van der Waals surface area (Å²) in [6.45, 7) is 4.76. The molecule has 0 fully saturated rings. The fraction of sp³-hybridized carbons (Fsp3) is 0.160. The molecule has 3 aromatic carbocycles. The van der Waals surface area contributed by atoms with Crippen LogP contribution in [0, 0.1) is 18.3 Å². The van der Waals surface area contributed by atoms with Crippen molar-refractivity contribution in [1.82, 2.24) is 0 Å². The van der Waals surface area contributed by atoms with Gasteiger partial charge in [0.15, 0.2) is 11.5 Å². The number of hydrogen-bond donors (Lipinski definition) is 0. The summed E-state index contributed by atoms with van der Waals surface area (Å²) in [7, 11) is 0. The van der Waals surface area contributed by atoms with E-state index in [9.17, 15) is 5.26 Å². The molecule has 0 amide bonds. The average Bonchev–Trinajstić information content (AvgIpc) is 2.73. The standard InChI is InChI=1S/C25H21BrClNO2/c1-3-29-24-14-19(12-21(15-28)20-8-4-17(2)5-9-20)13-23(27)25(24)30-16-18-6-10-22(26)11-7-18/h4-14H,3,16H2,1-2H3/b21-12-. The van der Waals surface area contributed by atoms with Gasteiger partial charge in [-0.1, -0.05) is 69.5 Å². The number of nitrogens with zero attached hydrogens (tertiary/aromatic N) is 1. The van der Waals surface area contributed by atoms with Crippen LogP contribution in [0.4, 0.5) is 0 Å². The Kier molecular flexibility index (Phi) is 7.57. The van der Waals surface area contributed by atoms with Gasteiger partial charge < -0.3 is 9.47 Å². The third-order valence-corrected chi connectivity index (χ3v) is 5.23. The van der Waals surface area contributed by atoms with Gasteiger partial charge in [0.25, 0.3) is 0 Å². The number of allylic oxidation sites excluding steroid dienone is 1. The van der Waals surface area contributed by atoms with Gasteiger partial charge in [-0.2, -0.15) is 5.26 Å². The summed E-state index contributed by atoms with van der Waals surface area (Å²) < 4.78 is 12.8. The molecule has 0 saturated carbocycles. The molecule has 0 spiro atoms. The van der Waals surface area contributed by atoms with Gasteiger partial charge in [-0.05, 0) is 60.9 Å². The molecule has 152 valence electrons. The highest BCUT2D eigenvalue weighted by molar-refractivity contribution is 9.10. The highest BCUT2D eigenvalue weighted by atomic mass is 79.9. The van der Waals surface area contributed by atoms with Crippen molar-refractivity contribution in [3.63, 3.8) is 0 Å². The molecule has 0 aliphatic rings. The molecule has 0 radical (unpaired) electrons. The Morgan fingerprint density at radius 2 is 1.77 bits per heavy atom. The number of rotatable bonds is 7. The zero-order valence-electron chi connectivity index (χ0n) is 16.8. The maximum Gasteiger partial charge on any atom is 0.180 e. The van der Waals surface area contributed by atoms with Gasteiger partial charge in [0, 0.05) is 4.47 Å². The van der Waals surface area contributed by atoms with E-state index in [1.165, 1.54) is 0 Å². The van der Waals surface area contributed by atoms with Crippen LogP contribution in [-0.4, -0.2) is 6.61 Å². The van der Waals surface area contributed by atoms with E-state index in [0.717, 1.165) is 26.7 Å². The van der Waals surface area contributed by atoms with Crippen LogP contribution in [0.2, 0.25) is 5.02 Å². The van der Waals surface area contributed by atoms with Crippen molar-refractivity contribution in [3.05, 3.63) is 92.4 Å². The van der Waals surface area contributed by atoms with Crippen molar-refractivity contribution in [3.8, 4) is 17.6 Å². The molecule has 0 atom stereocenters. The number of benzene rings is 3. The molecule has 0 N–H and O–H groups in total. The van der Waals surface area contributed by atoms with Gasteiger partial charge in [0.1, 0.15) is 6.61 Å². The van der Waals surface area contributed by atoms with Crippen molar-refractivity contribution in [2.45, 2.75) is 20.5 Å². The monoisotopic (exact) mass is 481 g/mol. The Labute approximate surface area is 190 Å². The molecular weight excluding hydrogens is 462 g/mol. The summed E-state index contributed by atoms with van der Waals surface area (Å²) in [5, 5.41) is 10.1. The molecular formula is C25H21BrClNO2. The first-order valence-electron chi connectivity index (χ1n) is 9.52. The van der Waals surface area contributed by atoms with Gasteiger partial charge in [-0.25, -0.2) is 0 Å². The van der Waals surface area contributed by atoms with Crippen LogP contribution in [-0.2, 0) is 6.61 Å². The van der Waals surface area contributed by atoms with Gasteiger partial charge in [-0.3, -0.25) is 0 Å². The zero-order chi connectivity index (χ0) is 21.5. The summed E-state index contributed by atoms with van der Waals surface area (Å²) in [5.74, 6) is 1.04. The fourth-order valence-corrected chi connectivity index (χ4v) is 3.43. The van der Waals surface area contributed by atoms with Gasteiger partial charge >= 0.3 is 0 Å². The molecule has 3 aromatic rings. The highest BCUT2D eigenvalue weighted by Crippen LogP contribution is 2.38. The first kappa shape index (κ1) is 22.0. The molecule has 0 aliphatic carbocycles. The van der Waals surface area contributed by atoms with Crippen molar-refractivity contribution in [2.24, 2.45) is 0 Å². The Balaban J connectivity index is 1.90. The maximum absolute atomic E-state index is 9.63. The van der Waals surface area contributed by atoms with E-state index in [1.54, 1.807) is 12.1 Å². The lowest BCUT2D eigenvalue weighted by atomic mass is 10.0.